The number of nitrogens with two attached hydrogens (primary N) is 1. The number of amides is 2. The number of rotatable bonds is 3. The second-order valence-corrected chi connectivity index (χ2v) is 2.97. The minimum Gasteiger partial charge on any atom is -0.409 e. The standard InChI is InChI=1S/C7H16N4O2/c1-4(2)5(6(8)11-13)10-7(12)9-3/h4-5,13H,1-3H3,(H2,8,11)(H2,9,10,12). The molecule has 0 rings (SSSR count). The van der Waals surface area contributed by atoms with Crippen LogP contribution in [-0.4, -0.2) is 30.2 Å². The monoisotopic (exact) mass is 188 g/mol. The van der Waals surface area contributed by atoms with Crippen LogP contribution in [-0.2, 0) is 0 Å². The highest BCUT2D eigenvalue weighted by atomic mass is 16.4. The van der Waals surface area contributed by atoms with E-state index in [0.717, 1.165) is 0 Å². The van der Waals surface area contributed by atoms with Crippen molar-refractivity contribution in [2.24, 2.45) is 16.8 Å². The predicted octanol–water partition coefficient (Wildman–Crippen LogP) is -0.314. The van der Waals surface area contributed by atoms with Crippen molar-refractivity contribution in [3.05, 3.63) is 0 Å². The van der Waals surface area contributed by atoms with Gasteiger partial charge in [0, 0.05) is 7.05 Å². The van der Waals surface area contributed by atoms with Gasteiger partial charge >= 0.3 is 6.03 Å². The Morgan fingerprint density at radius 3 is 2.38 bits per heavy atom. The van der Waals surface area contributed by atoms with Crippen LogP contribution in [0.1, 0.15) is 13.8 Å². The molecule has 5 N–H and O–H groups in total. The van der Waals surface area contributed by atoms with Gasteiger partial charge in [0.15, 0.2) is 5.84 Å². The molecule has 13 heavy (non-hydrogen) atoms. The van der Waals surface area contributed by atoms with Gasteiger partial charge in [-0.2, -0.15) is 0 Å². The first-order valence-corrected chi connectivity index (χ1v) is 3.98. The van der Waals surface area contributed by atoms with Crippen molar-refractivity contribution in [1.29, 1.82) is 0 Å². The molecule has 0 saturated carbocycles. The highest BCUT2D eigenvalue weighted by molar-refractivity contribution is 5.89. The van der Waals surface area contributed by atoms with Crippen molar-refractivity contribution in [3.63, 3.8) is 0 Å². The van der Waals surface area contributed by atoms with Crippen molar-refractivity contribution in [3.8, 4) is 0 Å². The van der Waals surface area contributed by atoms with Crippen LogP contribution in [0, 0.1) is 5.92 Å². The van der Waals surface area contributed by atoms with Gasteiger partial charge in [0.25, 0.3) is 0 Å². The van der Waals surface area contributed by atoms with Crippen molar-refractivity contribution in [2.45, 2.75) is 19.9 Å². The molecule has 0 spiro atoms. The van der Waals surface area contributed by atoms with Crippen LogP contribution >= 0.6 is 0 Å². The number of amidine groups is 1. The number of carbonyl (C=O) groups excluding carboxylic acids is 1. The molecule has 0 bridgehead atoms. The number of hydrogen-bond acceptors (Lipinski definition) is 3. The zero-order chi connectivity index (χ0) is 10.4. The molecule has 0 heterocycles. The summed E-state index contributed by atoms with van der Waals surface area (Å²) in [6, 6.07) is -0.810. The van der Waals surface area contributed by atoms with Gasteiger partial charge in [-0.05, 0) is 5.92 Å². The van der Waals surface area contributed by atoms with E-state index in [0.29, 0.717) is 0 Å². The molecule has 1 atom stereocenters. The van der Waals surface area contributed by atoms with E-state index in [4.69, 9.17) is 10.9 Å². The lowest BCUT2D eigenvalue weighted by Gasteiger charge is -2.20. The van der Waals surface area contributed by atoms with Crippen LogP contribution < -0.4 is 16.4 Å². The quantitative estimate of drug-likeness (QED) is 0.211. The molecule has 76 valence electrons. The number of urea groups is 1. The highest BCUT2D eigenvalue weighted by Crippen LogP contribution is 2.01. The summed E-state index contributed by atoms with van der Waals surface area (Å²) in [6.07, 6.45) is 0. The predicted molar refractivity (Wildman–Crippen MR) is 49.6 cm³/mol. The van der Waals surface area contributed by atoms with Crippen LogP contribution in [0.15, 0.2) is 5.16 Å². The topological polar surface area (TPSA) is 99.7 Å². The van der Waals surface area contributed by atoms with Crippen molar-refractivity contribution in [1.82, 2.24) is 10.6 Å². The van der Waals surface area contributed by atoms with Crippen molar-refractivity contribution in [2.75, 3.05) is 7.05 Å². The minimum atomic E-state index is -0.454. The summed E-state index contributed by atoms with van der Waals surface area (Å²) >= 11 is 0. The Morgan fingerprint density at radius 1 is 1.54 bits per heavy atom. The van der Waals surface area contributed by atoms with Gasteiger partial charge in [0.1, 0.15) is 0 Å². The maximum atomic E-state index is 10.9. The molecule has 0 aromatic rings. The average Bonchev–Trinajstić information content (AvgIpc) is 2.11. The second kappa shape index (κ2) is 5.23. The first kappa shape index (κ1) is 11.5. The lowest BCUT2D eigenvalue weighted by molar-refractivity contribution is 0.238. The summed E-state index contributed by atoms with van der Waals surface area (Å²) in [5.74, 6) is 0.0619. The fraction of sp³-hybridized carbons (Fsp3) is 0.714. The zero-order valence-electron chi connectivity index (χ0n) is 8.03. The molecule has 0 aliphatic rings. The second-order valence-electron chi connectivity index (χ2n) is 2.97. The Kier molecular flexibility index (Phi) is 4.64. The van der Waals surface area contributed by atoms with E-state index in [1.54, 1.807) is 0 Å². The third-order valence-corrected chi connectivity index (χ3v) is 1.61. The Balaban J connectivity index is 4.36. The molecule has 1 unspecified atom stereocenters. The molecule has 0 saturated heterocycles. The average molecular weight is 188 g/mol. The van der Waals surface area contributed by atoms with E-state index >= 15 is 0 Å². The molecule has 0 aromatic heterocycles. The molecule has 0 radical (unpaired) electrons. The van der Waals surface area contributed by atoms with E-state index in [-0.39, 0.29) is 17.8 Å². The molecular weight excluding hydrogens is 172 g/mol. The van der Waals surface area contributed by atoms with Crippen LogP contribution in [0.25, 0.3) is 0 Å². The maximum Gasteiger partial charge on any atom is 0.315 e. The van der Waals surface area contributed by atoms with Crippen molar-refractivity contribution < 1.29 is 10.0 Å². The molecular formula is C7H16N4O2. The number of carbonyl (C=O) groups is 1. The zero-order valence-corrected chi connectivity index (χ0v) is 8.03. The van der Waals surface area contributed by atoms with Crippen LogP contribution in [0.2, 0.25) is 0 Å². The lowest BCUT2D eigenvalue weighted by Crippen LogP contribution is -2.50. The third-order valence-electron chi connectivity index (χ3n) is 1.61. The van der Waals surface area contributed by atoms with Gasteiger partial charge in [-0.1, -0.05) is 19.0 Å². The molecule has 6 nitrogen and oxygen atoms in total. The van der Waals surface area contributed by atoms with Crippen LogP contribution in [0.4, 0.5) is 4.79 Å². The van der Waals surface area contributed by atoms with E-state index in [9.17, 15) is 4.79 Å². The van der Waals surface area contributed by atoms with Gasteiger partial charge in [-0.3, -0.25) is 0 Å². The largest absolute Gasteiger partial charge is 0.409 e. The van der Waals surface area contributed by atoms with E-state index in [1.165, 1.54) is 7.05 Å². The molecule has 2 amide bonds. The summed E-state index contributed by atoms with van der Waals surface area (Å²) in [5, 5.41) is 16.2. The molecule has 0 aliphatic carbocycles. The van der Waals surface area contributed by atoms with Crippen molar-refractivity contribution >= 4 is 11.9 Å². The summed E-state index contributed by atoms with van der Waals surface area (Å²) < 4.78 is 0. The van der Waals surface area contributed by atoms with Gasteiger partial charge in [0.2, 0.25) is 0 Å². The summed E-state index contributed by atoms with van der Waals surface area (Å²) in [6.45, 7) is 3.72. The van der Waals surface area contributed by atoms with Gasteiger partial charge in [-0.15, -0.1) is 0 Å². The fourth-order valence-electron chi connectivity index (χ4n) is 0.858. The summed E-state index contributed by atoms with van der Waals surface area (Å²) in [4.78, 5) is 10.9. The van der Waals surface area contributed by atoms with E-state index in [1.807, 2.05) is 13.8 Å². The van der Waals surface area contributed by atoms with E-state index in [2.05, 4.69) is 15.8 Å². The number of nitrogens with one attached hydrogen (secondary N) is 2. The van der Waals surface area contributed by atoms with Gasteiger partial charge in [-0.25, -0.2) is 4.79 Å². The molecule has 0 aliphatic heterocycles. The first-order valence-electron chi connectivity index (χ1n) is 3.98. The smallest absolute Gasteiger partial charge is 0.315 e. The first-order chi connectivity index (χ1) is 6.02. The minimum absolute atomic E-state index is 0.00130. The molecule has 0 aromatic carbocycles. The van der Waals surface area contributed by atoms with E-state index < -0.39 is 6.04 Å². The van der Waals surface area contributed by atoms with Crippen LogP contribution in [0.3, 0.4) is 0 Å². The summed E-state index contributed by atoms with van der Waals surface area (Å²) in [7, 11) is 1.50. The van der Waals surface area contributed by atoms with Crippen LogP contribution in [0.5, 0.6) is 0 Å². The normalized spacial score (nSPS) is 14.0. The Morgan fingerprint density at radius 2 is 2.08 bits per heavy atom. The lowest BCUT2D eigenvalue weighted by atomic mass is 10.0. The number of nitrogens with zero attached hydrogens (tertiary/aromatic N) is 1. The SMILES string of the molecule is CNC(=O)NC(C(N)=NO)C(C)C. The third kappa shape index (κ3) is 3.64. The Labute approximate surface area is 77.2 Å². The number of oxime groups is 1. The fourth-order valence-corrected chi connectivity index (χ4v) is 0.858. The highest BCUT2D eigenvalue weighted by Gasteiger charge is 2.19. The molecule has 6 heteroatoms. The summed E-state index contributed by atoms with van der Waals surface area (Å²) in [5.41, 5.74) is 5.38. The van der Waals surface area contributed by atoms with Gasteiger partial charge in [0.05, 0.1) is 6.04 Å². The Bertz CT molecular complexity index is 203. The molecule has 0 fully saturated rings. The Hall–Kier alpha value is -1.46. The maximum absolute atomic E-state index is 10.9. The van der Waals surface area contributed by atoms with Gasteiger partial charge < -0.3 is 21.6 Å². The number of hydrogen-bond donors (Lipinski definition) is 4.